The fourth-order valence-electron chi connectivity index (χ4n) is 3.01. The van der Waals surface area contributed by atoms with E-state index in [2.05, 4.69) is 73.4 Å². The highest BCUT2D eigenvalue weighted by atomic mass is 14.9. The van der Waals surface area contributed by atoms with Crippen LogP contribution in [-0.2, 0) is 6.42 Å². The lowest BCUT2D eigenvalue weighted by atomic mass is 10.0. The molecule has 108 valence electrons. The van der Waals surface area contributed by atoms with Gasteiger partial charge in [-0.15, -0.1) is 0 Å². The van der Waals surface area contributed by atoms with Crippen molar-refractivity contribution in [2.24, 2.45) is 0 Å². The summed E-state index contributed by atoms with van der Waals surface area (Å²) >= 11 is 0. The van der Waals surface area contributed by atoms with Gasteiger partial charge in [-0.2, -0.15) is 0 Å². The van der Waals surface area contributed by atoms with Gasteiger partial charge in [-0.3, -0.25) is 0 Å². The maximum atomic E-state index is 4.77. The average molecular weight is 286 g/mol. The molecule has 0 aliphatic rings. The monoisotopic (exact) mass is 286 g/mol. The fourth-order valence-corrected chi connectivity index (χ4v) is 3.01. The number of pyridine rings is 1. The SMILES string of the molecule is Cc1ccc(Cc2cc3c(nc2C)[nH]c2ccccc23)cc1. The summed E-state index contributed by atoms with van der Waals surface area (Å²) in [7, 11) is 0. The lowest BCUT2D eigenvalue weighted by Crippen LogP contribution is -1.95. The zero-order chi connectivity index (χ0) is 15.1. The molecule has 0 spiro atoms. The van der Waals surface area contributed by atoms with E-state index in [1.807, 2.05) is 0 Å². The van der Waals surface area contributed by atoms with Crippen LogP contribution in [0.2, 0.25) is 0 Å². The van der Waals surface area contributed by atoms with Crippen LogP contribution in [0.15, 0.2) is 54.6 Å². The number of hydrogen-bond donors (Lipinski definition) is 1. The predicted octanol–water partition coefficient (Wildman–Crippen LogP) is 4.92. The third-order valence-corrected chi connectivity index (χ3v) is 4.30. The molecule has 22 heavy (non-hydrogen) atoms. The highest BCUT2D eigenvalue weighted by Gasteiger charge is 2.09. The first kappa shape index (κ1) is 13.1. The number of benzene rings is 2. The summed E-state index contributed by atoms with van der Waals surface area (Å²) in [6, 6.07) is 19.4. The number of aromatic nitrogens is 2. The number of para-hydroxylation sites is 1. The summed E-state index contributed by atoms with van der Waals surface area (Å²) in [6.07, 6.45) is 0.925. The number of H-pyrrole nitrogens is 1. The number of aromatic amines is 1. The minimum absolute atomic E-state index is 0.925. The van der Waals surface area contributed by atoms with Crippen LogP contribution in [0, 0.1) is 13.8 Å². The van der Waals surface area contributed by atoms with E-state index in [4.69, 9.17) is 4.98 Å². The Bertz CT molecular complexity index is 962. The molecule has 2 heteroatoms. The van der Waals surface area contributed by atoms with Crippen LogP contribution >= 0.6 is 0 Å². The molecule has 0 atom stereocenters. The second-order valence-corrected chi connectivity index (χ2v) is 5.96. The van der Waals surface area contributed by atoms with Crippen molar-refractivity contribution in [2.75, 3.05) is 0 Å². The summed E-state index contributed by atoms with van der Waals surface area (Å²) < 4.78 is 0. The number of fused-ring (bicyclic) bond motifs is 3. The Balaban J connectivity index is 1.84. The zero-order valence-corrected chi connectivity index (χ0v) is 12.9. The van der Waals surface area contributed by atoms with Gasteiger partial charge in [0.1, 0.15) is 5.65 Å². The first-order valence-electron chi connectivity index (χ1n) is 7.63. The first-order chi connectivity index (χ1) is 10.7. The molecule has 1 N–H and O–H groups in total. The third-order valence-electron chi connectivity index (χ3n) is 4.30. The molecule has 0 unspecified atom stereocenters. The maximum absolute atomic E-state index is 4.77. The molecule has 0 fully saturated rings. The van der Waals surface area contributed by atoms with Crippen molar-refractivity contribution < 1.29 is 0 Å². The minimum atomic E-state index is 0.925. The summed E-state index contributed by atoms with van der Waals surface area (Å²) in [6.45, 7) is 4.21. The molecular weight excluding hydrogens is 268 g/mol. The van der Waals surface area contributed by atoms with Gasteiger partial charge in [-0.25, -0.2) is 4.98 Å². The predicted molar refractivity (Wildman–Crippen MR) is 92.3 cm³/mol. The lowest BCUT2D eigenvalue weighted by Gasteiger charge is -2.06. The van der Waals surface area contributed by atoms with Gasteiger partial charge >= 0.3 is 0 Å². The molecule has 0 aliphatic carbocycles. The molecular formula is C20H18N2. The van der Waals surface area contributed by atoms with Gasteiger partial charge in [-0.05, 0) is 43.5 Å². The van der Waals surface area contributed by atoms with E-state index in [-0.39, 0.29) is 0 Å². The number of nitrogens with zero attached hydrogens (tertiary/aromatic N) is 1. The van der Waals surface area contributed by atoms with Crippen molar-refractivity contribution in [3.05, 3.63) is 77.0 Å². The zero-order valence-electron chi connectivity index (χ0n) is 12.9. The van der Waals surface area contributed by atoms with Gasteiger partial charge in [0.05, 0.1) is 0 Å². The number of aryl methyl sites for hydroxylation is 2. The van der Waals surface area contributed by atoms with Crippen molar-refractivity contribution in [1.29, 1.82) is 0 Å². The molecule has 0 aliphatic heterocycles. The van der Waals surface area contributed by atoms with Gasteiger partial charge in [0.25, 0.3) is 0 Å². The van der Waals surface area contributed by atoms with Crippen LogP contribution in [0.25, 0.3) is 21.9 Å². The maximum Gasteiger partial charge on any atom is 0.138 e. The summed E-state index contributed by atoms with van der Waals surface area (Å²) in [5.74, 6) is 0. The van der Waals surface area contributed by atoms with Crippen LogP contribution in [0.1, 0.15) is 22.4 Å². The number of nitrogens with one attached hydrogen (secondary N) is 1. The second kappa shape index (κ2) is 4.99. The van der Waals surface area contributed by atoms with Gasteiger partial charge in [0, 0.05) is 22.0 Å². The highest BCUT2D eigenvalue weighted by Crippen LogP contribution is 2.26. The van der Waals surface area contributed by atoms with E-state index >= 15 is 0 Å². The van der Waals surface area contributed by atoms with E-state index in [9.17, 15) is 0 Å². The van der Waals surface area contributed by atoms with E-state index in [0.717, 1.165) is 23.3 Å². The van der Waals surface area contributed by atoms with E-state index in [1.165, 1.54) is 27.5 Å². The van der Waals surface area contributed by atoms with Crippen molar-refractivity contribution in [1.82, 2.24) is 9.97 Å². The largest absolute Gasteiger partial charge is 0.339 e. The van der Waals surface area contributed by atoms with Gasteiger partial charge < -0.3 is 4.98 Å². The van der Waals surface area contributed by atoms with Crippen molar-refractivity contribution in [2.45, 2.75) is 20.3 Å². The lowest BCUT2D eigenvalue weighted by molar-refractivity contribution is 1.10. The summed E-state index contributed by atoms with van der Waals surface area (Å²) in [5, 5.41) is 2.46. The highest BCUT2D eigenvalue weighted by molar-refractivity contribution is 6.06. The number of rotatable bonds is 2. The molecule has 0 saturated carbocycles. The topological polar surface area (TPSA) is 28.7 Å². The van der Waals surface area contributed by atoms with Crippen molar-refractivity contribution in [3.63, 3.8) is 0 Å². The normalized spacial score (nSPS) is 11.4. The van der Waals surface area contributed by atoms with E-state index in [1.54, 1.807) is 0 Å². The molecule has 2 aromatic carbocycles. The Kier molecular flexibility index (Phi) is 2.97. The van der Waals surface area contributed by atoms with E-state index < -0.39 is 0 Å². The Morgan fingerprint density at radius 2 is 1.68 bits per heavy atom. The smallest absolute Gasteiger partial charge is 0.138 e. The summed E-state index contributed by atoms with van der Waals surface area (Å²) in [4.78, 5) is 8.18. The van der Waals surface area contributed by atoms with Crippen LogP contribution in [-0.4, -0.2) is 9.97 Å². The Morgan fingerprint density at radius 1 is 0.909 bits per heavy atom. The molecule has 0 radical (unpaired) electrons. The van der Waals surface area contributed by atoms with Crippen LogP contribution in [0.3, 0.4) is 0 Å². The molecule has 4 rings (SSSR count). The minimum Gasteiger partial charge on any atom is -0.339 e. The first-order valence-corrected chi connectivity index (χ1v) is 7.63. The Morgan fingerprint density at radius 3 is 2.50 bits per heavy atom. The molecule has 4 aromatic rings. The Hall–Kier alpha value is -2.61. The second-order valence-electron chi connectivity index (χ2n) is 5.96. The van der Waals surface area contributed by atoms with Crippen LogP contribution < -0.4 is 0 Å². The summed E-state index contributed by atoms with van der Waals surface area (Å²) in [5.41, 5.74) is 7.14. The van der Waals surface area contributed by atoms with Crippen molar-refractivity contribution in [3.8, 4) is 0 Å². The third kappa shape index (κ3) is 2.17. The molecule has 2 heterocycles. The van der Waals surface area contributed by atoms with Gasteiger partial charge in [-0.1, -0.05) is 48.0 Å². The average Bonchev–Trinajstić information content (AvgIpc) is 2.87. The van der Waals surface area contributed by atoms with E-state index in [0.29, 0.717) is 0 Å². The van der Waals surface area contributed by atoms with Crippen LogP contribution in [0.5, 0.6) is 0 Å². The van der Waals surface area contributed by atoms with Gasteiger partial charge in [0.2, 0.25) is 0 Å². The molecule has 0 bridgehead atoms. The molecule has 0 amide bonds. The molecule has 0 saturated heterocycles. The standard InChI is InChI=1S/C20H18N2/c1-13-7-9-15(10-8-13)11-16-12-18-17-5-3-4-6-19(17)22-20(18)21-14(16)2/h3-10,12H,11H2,1-2H3,(H,21,22). The Labute approximate surface area is 129 Å². The molecule has 2 aromatic heterocycles. The van der Waals surface area contributed by atoms with Crippen LogP contribution in [0.4, 0.5) is 0 Å². The fraction of sp³-hybridized carbons (Fsp3) is 0.150. The molecule has 2 nitrogen and oxygen atoms in total. The quantitative estimate of drug-likeness (QED) is 0.556. The van der Waals surface area contributed by atoms with Gasteiger partial charge in [0.15, 0.2) is 0 Å². The van der Waals surface area contributed by atoms with Crippen molar-refractivity contribution >= 4 is 21.9 Å². The number of hydrogen-bond acceptors (Lipinski definition) is 1.